The molecule has 0 aromatic carbocycles. The number of likely N-dealkylation sites (N-methyl/N-ethyl adjacent to an activating group) is 1. The Morgan fingerprint density at radius 1 is 1.50 bits per heavy atom. The lowest BCUT2D eigenvalue weighted by Crippen LogP contribution is -2.28. The summed E-state index contributed by atoms with van der Waals surface area (Å²) in [6, 6.07) is 5.67. The zero-order valence-electron chi connectivity index (χ0n) is 12.4. The molecule has 1 amide bonds. The molecule has 0 aliphatic heterocycles. The predicted octanol–water partition coefficient (Wildman–Crippen LogP) is 2.01. The van der Waals surface area contributed by atoms with Crippen LogP contribution < -0.4 is 0 Å². The van der Waals surface area contributed by atoms with E-state index >= 15 is 0 Å². The summed E-state index contributed by atoms with van der Waals surface area (Å²) < 4.78 is 5.41. The Balaban J connectivity index is 2.56. The molecule has 1 atom stereocenters. The minimum Gasteiger partial charge on any atom is -0.363 e. The molecule has 5 nitrogen and oxygen atoms in total. The van der Waals surface area contributed by atoms with Gasteiger partial charge in [0.05, 0.1) is 17.5 Å². The van der Waals surface area contributed by atoms with Crippen molar-refractivity contribution >= 4 is 17.8 Å². The monoisotopic (exact) mass is 275 g/mol. The largest absolute Gasteiger partial charge is 0.363 e. The Morgan fingerprint density at radius 3 is 2.80 bits per heavy atom. The van der Waals surface area contributed by atoms with Crippen LogP contribution in [0, 0.1) is 0 Å². The lowest BCUT2D eigenvalue weighted by atomic mass is 10.2. The second-order valence-electron chi connectivity index (χ2n) is 4.47. The Bertz CT molecular complexity index is 481. The number of ether oxygens (including phenoxy) is 1. The van der Waals surface area contributed by atoms with Gasteiger partial charge in [-0.05, 0) is 26.0 Å². The van der Waals surface area contributed by atoms with E-state index in [1.807, 2.05) is 38.1 Å². The van der Waals surface area contributed by atoms with Crippen LogP contribution in [-0.4, -0.2) is 48.8 Å². The number of aliphatic imine (C=N–C) groups is 1. The maximum absolute atomic E-state index is 11.4. The van der Waals surface area contributed by atoms with E-state index in [-0.39, 0.29) is 18.6 Å². The number of hydrogen-bond donors (Lipinski definition) is 0. The summed E-state index contributed by atoms with van der Waals surface area (Å²) in [7, 11) is 3.40. The summed E-state index contributed by atoms with van der Waals surface area (Å²) >= 11 is 0. The molecule has 5 heteroatoms. The van der Waals surface area contributed by atoms with Crippen molar-refractivity contribution in [1.29, 1.82) is 0 Å². The fourth-order valence-corrected chi connectivity index (χ4v) is 1.36. The van der Waals surface area contributed by atoms with Crippen LogP contribution >= 0.6 is 0 Å². The van der Waals surface area contributed by atoms with Crippen molar-refractivity contribution in [3.05, 3.63) is 36.2 Å². The van der Waals surface area contributed by atoms with Crippen LogP contribution in [0.1, 0.15) is 19.5 Å². The fraction of sp³-hybridized carbons (Fsp3) is 0.400. The summed E-state index contributed by atoms with van der Waals surface area (Å²) in [4.78, 5) is 21.5. The Hall–Kier alpha value is -2.01. The van der Waals surface area contributed by atoms with Crippen LogP contribution in [0.15, 0.2) is 35.5 Å². The number of aromatic nitrogens is 1. The molecule has 1 heterocycles. The molecule has 0 bridgehead atoms. The highest BCUT2D eigenvalue weighted by Crippen LogP contribution is 2.11. The van der Waals surface area contributed by atoms with Gasteiger partial charge in [0.15, 0.2) is 0 Å². The number of hydrogen-bond acceptors (Lipinski definition) is 4. The minimum absolute atomic E-state index is 0.0505. The van der Waals surface area contributed by atoms with Gasteiger partial charge >= 0.3 is 0 Å². The molecule has 0 fully saturated rings. The summed E-state index contributed by atoms with van der Waals surface area (Å²) in [6.07, 6.45) is 5.05. The maximum atomic E-state index is 11.4. The fourth-order valence-electron chi connectivity index (χ4n) is 1.36. The standard InChI is InChI=1S/C15H21N3O2/c1-5-13(14-8-6-7-9-16-14)17-10-12(2)20-11-15(19)18(3)4/h5-10,12H,11H2,1-4H3/b13-5-,17-10?. The zero-order valence-corrected chi connectivity index (χ0v) is 12.4. The molecule has 0 spiro atoms. The highest BCUT2D eigenvalue weighted by Gasteiger charge is 2.07. The van der Waals surface area contributed by atoms with Gasteiger partial charge in [0.1, 0.15) is 6.61 Å². The van der Waals surface area contributed by atoms with Crippen molar-refractivity contribution in [2.24, 2.45) is 4.99 Å². The summed E-state index contributed by atoms with van der Waals surface area (Å²) in [5.74, 6) is -0.0683. The van der Waals surface area contributed by atoms with Crippen molar-refractivity contribution in [3.63, 3.8) is 0 Å². The first kappa shape index (κ1) is 16.0. The number of nitrogens with zero attached hydrogens (tertiary/aromatic N) is 3. The molecule has 0 aliphatic carbocycles. The second-order valence-corrected chi connectivity index (χ2v) is 4.47. The Labute approximate surface area is 120 Å². The van der Waals surface area contributed by atoms with Crippen molar-refractivity contribution < 1.29 is 9.53 Å². The second kappa shape index (κ2) is 8.22. The van der Waals surface area contributed by atoms with Crippen LogP contribution in [0.5, 0.6) is 0 Å². The molecule has 0 saturated carbocycles. The lowest BCUT2D eigenvalue weighted by Gasteiger charge is -2.12. The van der Waals surface area contributed by atoms with Crippen LogP contribution in [0.25, 0.3) is 5.70 Å². The number of rotatable bonds is 6. The molecule has 1 aromatic rings. The molecule has 1 aromatic heterocycles. The third-order valence-electron chi connectivity index (χ3n) is 2.59. The van der Waals surface area contributed by atoms with E-state index in [0.717, 1.165) is 11.4 Å². The number of amides is 1. The van der Waals surface area contributed by atoms with Crippen LogP contribution in [0.3, 0.4) is 0 Å². The van der Waals surface area contributed by atoms with Gasteiger partial charge < -0.3 is 9.64 Å². The van der Waals surface area contributed by atoms with Gasteiger partial charge in [0.25, 0.3) is 0 Å². The minimum atomic E-state index is -0.238. The smallest absolute Gasteiger partial charge is 0.248 e. The Kier molecular flexibility index (Phi) is 6.59. The van der Waals surface area contributed by atoms with Crippen LogP contribution in [-0.2, 0) is 9.53 Å². The van der Waals surface area contributed by atoms with Crippen molar-refractivity contribution in [2.75, 3.05) is 20.7 Å². The van der Waals surface area contributed by atoms with E-state index in [1.54, 1.807) is 26.5 Å². The van der Waals surface area contributed by atoms with E-state index in [1.165, 1.54) is 4.90 Å². The molecule has 1 rings (SSSR count). The third kappa shape index (κ3) is 5.32. The first-order valence-corrected chi connectivity index (χ1v) is 6.48. The van der Waals surface area contributed by atoms with E-state index in [9.17, 15) is 4.79 Å². The van der Waals surface area contributed by atoms with Gasteiger partial charge in [-0.2, -0.15) is 0 Å². The molecule has 108 valence electrons. The SMILES string of the molecule is C/C=C(\N=CC(C)OCC(=O)N(C)C)c1ccccn1. The molecule has 20 heavy (non-hydrogen) atoms. The lowest BCUT2D eigenvalue weighted by molar-refractivity contribution is -0.134. The number of pyridine rings is 1. The quantitative estimate of drug-likeness (QED) is 0.746. The summed E-state index contributed by atoms with van der Waals surface area (Å²) in [5, 5.41) is 0. The normalized spacial score (nSPS) is 13.5. The van der Waals surface area contributed by atoms with E-state index in [4.69, 9.17) is 4.74 Å². The number of carbonyl (C=O) groups excluding carboxylic acids is 1. The van der Waals surface area contributed by atoms with Gasteiger partial charge in [-0.25, -0.2) is 0 Å². The average Bonchev–Trinajstić information content (AvgIpc) is 2.46. The zero-order chi connectivity index (χ0) is 15.0. The van der Waals surface area contributed by atoms with Gasteiger partial charge in [-0.3, -0.25) is 14.8 Å². The van der Waals surface area contributed by atoms with Gasteiger partial charge in [0, 0.05) is 26.5 Å². The number of carbonyl (C=O) groups is 1. The van der Waals surface area contributed by atoms with Crippen molar-refractivity contribution in [1.82, 2.24) is 9.88 Å². The molecule has 0 saturated heterocycles. The van der Waals surface area contributed by atoms with E-state index < -0.39 is 0 Å². The summed E-state index contributed by atoms with van der Waals surface area (Å²) in [5.41, 5.74) is 1.59. The first-order chi connectivity index (χ1) is 9.54. The van der Waals surface area contributed by atoms with Crippen molar-refractivity contribution in [3.8, 4) is 0 Å². The molecule has 1 unspecified atom stereocenters. The third-order valence-corrected chi connectivity index (χ3v) is 2.59. The first-order valence-electron chi connectivity index (χ1n) is 6.48. The molecule has 0 N–H and O–H groups in total. The van der Waals surface area contributed by atoms with Crippen molar-refractivity contribution in [2.45, 2.75) is 20.0 Å². The van der Waals surface area contributed by atoms with Gasteiger partial charge in [0.2, 0.25) is 5.91 Å². The highest BCUT2D eigenvalue weighted by atomic mass is 16.5. The molecular weight excluding hydrogens is 254 g/mol. The van der Waals surface area contributed by atoms with E-state index in [0.29, 0.717) is 0 Å². The van der Waals surface area contributed by atoms with E-state index in [2.05, 4.69) is 9.98 Å². The van der Waals surface area contributed by atoms with Crippen LogP contribution in [0.2, 0.25) is 0 Å². The molecular formula is C15H21N3O2. The highest BCUT2D eigenvalue weighted by molar-refractivity contribution is 5.78. The Morgan fingerprint density at radius 2 is 2.25 bits per heavy atom. The molecule has 0 aliphatic rings. The van der Waals surface area contributed by atoms with Gasteiger partial charge in [-0.15, -0.1) is 0 Å². The molecule has 0 radical (unpaired) electrons. The number of allylic oxidation sites excluding steroid dienone is 1. The maximum Gasteiger partial charge on any atom is 0.248 e. The predicted molar refractivity (Wildman–Crippen MR) is 80.5 cm³/mol. The summed E-state index contributed by atoms with van der Waals surface area (Å²) in [6.45, 7) is 3.80. The average molecular weight is 275 g/mol. The van der Waals surface area contributed by atoms with Crippen LogP contribution in [0.4, 0.5) is 0 Å². The topological polar surface area (TPSA) is 54.8 Å². The van der Waals surface area contributed by atoms with Gasteiger partial charge in [-0.1, -0.05) is 12.1 Å².